The van der Waals surface area contributed by atoms with Gasteiger partial charge in [0.25, 0.3) is 5.91 Å². The Morgan fingerprint density at radius 2 is 1.57 bits per heavy atom. The van der Waals surface area contributed by atoms with Gasteiger partial charge in [0, 0.05) is 12.1 Å². The zero-order chi connectivity index (χ0) is 20.4. The number of amides is 1. The van der Waals surface area contributed by atoms with Crippen LogP contribution < -0.4 is 11.1 Å². The van der Waals surface area contributed by atoms with Gasteiger partial charge >= 0.3 is 5.97 Å². The second kappa shape index (κ2) is 11.2. The molecule has 0 aliphatic heterocycles. The molecule has 150 valence electrons. The molecular weight excluding hydrogens is 352 g/mol. The lowest BCUT2D eigenvalue weighted by Gasteiger charge is -2.08. The lowest BCUT2D eigenvalue weighted by molar-refractivity contribution is -0.138. The number of nitrogens with one attached hydrogen (secondary N) is 1. The van der Waals surface area contributed by atoms with Gasteiger partial charge in [0.1, 0.15) is 6.04 Å². The molecule has 0 saturated carbocycles. The molecule has 1 amide bonds. The molecule has 0 aliphatic rings. The van der Waals surface area contributed by atoms with Crippen LogP contribution in [0.3, 0.4) is 0 Å². The molecule has 0 fully saturated rings. The predicted octanol–water partition coefficient (Wildman–Crippen LogP) is 4.01. The van der Waals surface area contributed by atoms with Crippen LogP contribution in [0.1, 0.15) is 54.9 Å². The Bertz CT molecular complexity index is 754. The first-order chi connectivity index (χ1) is 13.5. The second-order valence-corrected chi connectivity index (χ2v) is 7.07. The van der Waals surface area contributed by atoms with Crippen LogP contribution in [0.5, 0.6) is 0 Å². The first-order valence-electron chi connectivity index (χ1n) is 9.97. The Balaban J connectivity index is 1.81. The van der Waals surface area contributed by atoms with E-state index in [1.807, 2.05) is 24.3 Å². The molecule has 1 atom stereocenters. The van der Waals surface area contributed by atoms with Gasteiger partial charge in [-0.15, -0.1) is 0 Å². The summed E-state index contributed by atoms with van der Waals surface area (Å²) in [5.74, 6) is -1.11. The highest BCUT2D eigenvalue weighted by Gasteiger charge is 2.10. The first kappa shape index (κ1) is 21.6. The van der Waals surface area contributed by atoms with E-state index in [4.69, 9.17) is 10.8 Å². The molecule has 0 spiro atoms. The minimum atomic E-state index is -0.986. The summed E-state index contributed by atoms with van der Waals surface area (Å²) in [7, 11) is 0. The van der Waals surface area contributed by atoms with Crippen LogP contribution in [0, 0.1) is 0 Å². The van der Waals surface area contributed by atoms with Crippen molar-refractivity contribution in [2.75, 3.05) is 6.54 Å². The van der Waals surface area contributed by atoms with Gasteiger partial charge in [-0.3, -0.25) is 9.59 Å². The molecule has 0 unspecified atom stereocenters. The highest BCUT2D eigenvalue weighted by Crippen LogP contribution is 2.21. The second-order valence-electron chi connectivity index (χ2n) is 7.07. The van der Waals surface area contributed by atoms with Crippen molar-refractivity contribution < 1.29 is 14.7 Å². The van der Waals surface area contributed by atoms with E-state index in [1.165, 1.54) is 18.4 Å². The van der Waals surface area contributed by atoms with Gasteiger partial charge in [0.2, 0.25) is 0 Å². The van der Waals surface area contributed by atoms with Gasteiger partial charge in [0.05, 0.1) is 0 Å². The number of benzene rings is 2. The number of aryl methyl sites for hydroxylation is 1. The number of carboxylic acid groups (broad SMARTS) is 1. The Morgan fingerprint density at radius 3 is 2.14 bits per heavy atom. The fourth-order valence-corrected chi connectivity index (χ4v) is 2.98. The Kier molecular flexibility index (Phi) is 8.69. The van der Waals surface area contributed by atoms with Crippen molar-refractivity contribution in [2.24, 2.45) is 5.73 Å². The third-order valence-electron chi connectivity index (χ3n) is 4.80. The van der Waals surface area contributed by atoms with Crippen molar-refractivity contribution in [1.29, 1.82) is 0 Å². The fraction of sp³-hybridized carbons (Fsp3) is 0.391. The van der Waals surface area contributed by atoms with Crippen LogP contribution in [0.25, 0.3) is 11.1 Å². The molecule has 2 aromatic carbocycles. The molecule has 4 N–H and O–H groups in total. The van der Waals surface area contributed by atoms with E-state index in [0.29, 0.717) is 31.4 Å². The maximum atomic E-state index is 12.2. The predicted molar refractivity (Wildman–Crippen MR) is 112 cm³/mol. The van der Waals surface area contributed by atoms with E-state index in [0.717, 1.165) is 17.5 Å². The minimum Gasteiger partial charge on any atom is -0.480 e. The summed E-state index contributed by atoms with van der Waals surface area (Å²) in [6.45, 7) is 2.70. The van der Waals surface area contributed by atoms with Crippen LogP contribution in [-0.4, -0.2) is 29.6 Å². The normalized spacial score (nSPS) is 11.8. The summed E-state index contributed by atoms with van der Waals surface area (Å²) in [4.78, 5) is 22.9. The molecule has 0 heterocycles. The summed E-state index contributed by atoms with van der Waals surface area (Å²) in [5.41, 5.74) is 9.65. The maximum absolute atomic E-state index is 12.2. The van der Waals surface area contributed by atoms with Gasteiger partial charge in [-0.2, -0.15) is 0 Å². The van der Waals surface area contributed by atoms with Crippen LogP contribution in [0.2, 0.25) is 0 Å². The van der Waals surface area contributed by atoms with E-state index in [2.05, 4.69) is 36.5 Å². The summed E-state index contributed by atoms with van der Waals surface area (Å²) in [6.07, 6.45) is 5.29. The molecule has 0 aliphatic carbocycles. The van der Waals surface area contributed by atoms with Gasteiger partial charge in [0.15, 0.2) is 0 Å². The van der Waals surface area contributed by atoms with Crippen molar-refractivity contribution in [3.8, 4) is 11.1 Å². The monoisotopic (exact) mass is 382 g/mol. The standard InChI is InChI=1S/C23H30N2O3/c1-2-3-6-17-8-10-18(11-9-17)19-12-14-20(15-13-19)22(26)25-16-5-4-7-21(24)23(27)28/h8-15,21H,2-7,16,24H2,1H3,(H,25,26)(H,27,28)/t21-/m0/s1. The molecule has 28 heavy (non-hydrogen) atoms. The van der Waals surface area contributed by atoms with Crippen molar-refractivity contribution >= 4 is 11.9 Å². The number of carbonyl (C=O) groups is 2. The average Bonchev–Trinajstić information content (AvgIpc) is 2.72. The lowest BCUT2D eigenvalue weighted by atomic mass is 10.0. The smallest absolute Gasteiger partial charge is 0.320 e. The molecular formula is C23H30N2O3. The number of carboxylic acids is 1. The van der Waals surface area contributed by atoms with Crippen molar-refractivity contribution in [3.63, 3.8) is 0 Å². The number of rotatable bonds is 11. The van der Waals surface area contributed by atoms with Crippen LogP contribution in [0.15, 0.2) is 48.5 Å². The number of hydrogen-bond donors (Lipinski definition) is 3. The lowest BCUT2D eigenvalue weighted by Crippen LogP contribution is -2.30. The van der Waals surface area contributed by atoms with Crippen LogP contribution in [0.4, 0.5) is 0 Å². The number of nitrogens with two attached hydrogens (primary N) is 1. The maximum Gasteiger partial charge on any atom is 0.320 e. The number of aliphatic carboxylic acids is 1. The van der Waals surface area contributed by atoms with Gasteiger partial charge in [-0.05, 0) is 60.9 Å². The fourth-order valence-electron chi connectivity index (χ4n) is 2.98. The summed E-state index contributed by atoms with van der Waals surface area (Å²) in [5, 5.41) is 11.6. The van der Waals surface area contributed by atoms with E-state index in [1.54, 1.807) is 0 Å². The van der Waals surface area contributed by atoms with Gasteiger partial charge < -0.3 is 16.2 Å². The van der Waals surface area contributed by atoms with Crippen LogP contribution >= 0.6 is 0 Å². The number of carbonyl (C=O) groups excluding carboxylic acids is 1. The SMILES string of the molecule is CCCCc1ccc(-c2ccc(C(=O)NCCCC[C@H](N)C(=O)O)cc2)cc1. The Hall–Kier alpha value is -2.66. The third kappa shape index (κ3) is 6.82. The van der Waals surface area contributed by atoms with Gasteiger partial charge in [-0.1, -0.05) is 49.7 Å². The van der Waals surface area contributed by atoms with Crippen molar-refractivity contribution in [2.45, 2.75) is 51.5 Å². The quantitative estimate of drug-likeness (QED) is 0.512. The largest absolute Gasteiger partial charge is 0.480 e. The Labute approximate surface area is 167 Å². The summed E-state index contributed by atoms with van der Waals surface area (Å²) >= 11 is 0. The summed E-state index contributed by atoms with van der Waals surface area (Å²) < 4.78 is 0. The summed E-state index contributed by atoms with van der Waals surface area (Å²) in [6, 6.07) is 15.3. The topological polar surface area (TPSA) is 92.4 Å². The molecule has 2 rings (SSSR count). The molecule has 2 aromatic rings. The van der Waals surface area contributed by atoms with E-state index < -0.39 is 12.0 Å². The minimum absolute atomic E-state index is 0.121. The highest BCUT2D eigenvalue weighted by molar-refractivity contribution is 5.94. The molecule has 5 nitrogen and oxygen atoms in total. The van der Waals surface area contributed by atoms with Gasteiger partial charge in [-0.25, -0.2) is 0 Å². The highest BCUT2D eigenvalue weighted by atomic mass is 16.4. The molecule has 5 heteroatoms. The van der Waals surface area contributed by atoms with Crippen molar-refractivity contribution in [3.05, 3.63) is 59.7 Å². The van der Waals surface area contributed by atoms with E-state index >= 15 is 0 Å². The average molecular weight is 383 g/mol. The van der Waals surface area contributed by atoms with Crippen molar-refractivity contribution in [1.82, 2.24) is 5.32 Å². The first-order valence-corrected chi connectivity index (χ1v) is 9.97. The molecule has 0 aromatic heterocycles. The van der Waals surface area contributed by atoms with Crippen LogP contribution in [-0.2, 0) is 11.2 Å². The number of hydrogen-bond acceptors (Lipinski definition) is 3. The van der Waals surface area contributed by atoms with E-state index in [-0.39, 0.29) is 5.91 Å². The molecule has 0 saturated heterocycles. The zero-order valence-corrected chi connectivity index (χ0v) is 16.5. The zero-order valence-electron chi connectivity index (χ0n) is 16.5. The third-order valence-corrected chi connectivity index (χ3v) is 4.80. The molecule has 0 radical (unpaired) electrons. The Morgan fingerprint density at radius 1 is 0.964 bits per heavy atom. The van der Waals surface area contributed by atoms with E-state index in [9.17, 15) is 9.59 Å². The number of unbranched alkanes of at least 4 members (excludes halogenated alkanes) is 2. The molecule has 0 bridgehead atoms.